The number of imidazole rings is 1. The lowest BCUT2D eigenvalue weighted by atomic mass is 10.2. The highest BCUT2D eigenvalue weighted by Gasteiger charge is 2.15. The molecule has 0 atom stereocenters. The number of fused-ring (bicyclic) bond motifs is 1. The third-order valence-electron chi connectivity index (χ3n) is 3.83. The van der Waals surface area contributed by atoms with Gasteiger partial charge in [-0.25, -0.2) is 15.0 Å². The number of aromatic nitrogens is 4. The minimum Gasteiger partial charge on any atom is -0.324 e. The number of benzene rings is 1. The summed E-state index contributed by atoms with van der Waals surface area (Å²) in [5, 5.41) is 5.65. The van der Waals surface area contributed by atoms with Gasteiger partial charge in [-0.2, -0.15) is 0 Å². The van der Waals surface area contributed by atoms with Gasteiger partial charge in [-0.05, 0) is 37.9 Å². The van der Waals surface area contributed by atoms with Crippen molar-refractivity contribution in [2.24, 2.45) is 0 Å². The van der Waals surface area contributed by atoms with Crippen LogP contribution in [-0.2, 0) is 6.54 Å². The molecule has 3 heterocycles. The molecule has 26 heavy (non-hydrogen) atoms. The van der Waals surface area contributed by atoms with Gasteiger partial charge >= 0.3 is 0 Å². The molecule has 3 aromatic heterocycles. The Kier molecular flexibility index (Phi) is 4.58. The normalized spacial score (nSPS) is 11.4. The molecular weight excluding hydrogens is 368 g/mol. The lowest BCUT2D eigenvalue weighted by Gasteiger charge is -2.11. The van der Waals surface area contributed by atoms with Gasteiger partial charge in [0, 0.05) is 30.0 Å². The lowest BCUT2D eigenvalue weighted by Crippen LogP contribution is -2.10. The molecule has 0 saturated heterocycles. The first kappa shape index (κ1) is 17.0. The summed E-state index contributed by atoms with van der Waals surface area (Å²) in [6.07, 6.45) is 3.65. The van der Waals surface area contributed by atoms with Crippen molar-refractivity contribution in [2.75, 3.05) is 19.4 Å². The Labute approximate surface area is 160 Å². The maximum atomic E-state index is 6.30. The molecule has 0 unspecified atom stereocenters. The molecule has 6 nitrogen and oxygen atoms in total. The Bertz CT molecular complexity index is 1040. The van der Waals surface area contributed by atoms with E-state index in [0.29, 0.717) is 11.1 Å². The maximum Gasteiger partial charge on any atom is 0.227 e. The van der Waals surface area contributed by atoms with Crippen LogP contribution in [-0.4, -0.2) is 38.3 Å². The lowest BCUT2D eigenvalue weighted by molar-refractivity contribution is 0.402. The van der Waals surface area contributed by atoms with Crippen LogP contribution in [0.2, 0.25) is 5.15 Å². The van der Waals surface area contributed by atoms with Gasteiger partial charge < -0.3 is 10.2 Å². The summed E-state index contributed by atoms with van der Waals surface area (Å²) < 4.78 is 1.94. The van der Waals surface area contributed by atoms with Gasteiger partial charge in [0.05, 0.1) is 5.69 Å². The first-order valence-electron chi connectivity index (χ1n) is 8.05. The molecule has 0 bridgehead atoms. The summed E-state index contributed by atoms with van der Waals surface area (Å²) >= 11 is 7.84. The zero-order chi connectivity index (χ0) is 18.1. The topological polar surface area (TPSA) is 58.3 Å². The molecule has 1 aromatic carbocycles. The Morgan fingerprint density at radius 2 is 1.96 bits per heavy atom. The van der Waals surface area contributed by atoms with E-state index >= 15 is 0 Å². The van der Waals surface area contributed by atoms with Gasteiger partial charge in [0.1, 0.15) is 5.69 Å². The van der Waals surface area contributed by atoms with Gasteiger partial charge in [0.15, 0.2) is 10.1 Å². The minimum absolute atomic E-state index is 0.439. The molecule has 0 radical (unpaired) electrons. The van der Waals surface area contributed by atoms with Gasteiger partial charge in [-0.15, -0.1) is 11.3 Å². The molecule has 0 aliphatic rings. The summed E-state index contributed by atoms with van der Waals surface area (Å²) in [6.45, 7) is 0.905. The van der Waals surface area contributed by atoms with Crippen LogP contribution in [0.1, 0.15) is 5.56 Å². The van der Waals surface area contributed by atoms with Crippen molar-refractivity contribution < 1.29 is 0 Å². The SMILES string of the molecule is CN(C)Cc1ccc(Nc2nccc(-c3c(Cl)nc4sccn34)n2)cc1. The molecule has 0 amide bonds. The maximum absolute atomic E-state index is 6.30. The molecule has 0 saturated carbocycles. The number of anilines is 2. The number of halogens is 1. The van der Waals surface area contributed by atoms with E-state index in [-0.39, 0.29) is 0 Å². The van der Waals surface area contributed by atoms with E-state index in [1.54, 1.807) is 6.20 Å². The van der Waals surface area contributed by atoms with Gasteiger partial charge in [-0.1, -0.05) is 23.7 Å². The molecule has 0 fully saturated rings. The van der Waals surface area contributed by atoms with Crippen molar-refractivity contribution in [3.05, 3.63) is 58.8 Å². The molecule has 8 heteroatoms. The smallest absolute Gasteiger partial charge is 0.227 e. The number of nitrogens with zero attached hydrogens (tertiary/aromatic N) is 5. The first-order chi connectivity index (χ1) is 12.6. The van der Waals surface area contributed by atoms with Crippen LogP contribution in [0.3, 0.4) is 0 Å². The van der Waals surface area contributed by atoms with Crippen molar-refractivity contribution >= 4 is 39.5 Å². The van der Waals surface area contributed by atoms with Gasteiger partial charge in [-0.3, -0.25) is 4.40 Å². The molecular formula is C18H17ClN6S. The summed E-state index contributed by atoms with van der Waals surface area (Å²) in [5.74, 6) is 0.518. The molecule has 0 aliphatic carbocycles. The summed E-state index contributed by atoms with van der Waals surface area (Å²) in [5.41, 5.74) is 3.68. The number of rotatable bonds is 5. The average Bonchev–Trinajstić information content (AvgIpc) is 3.16. The van der Waals surface area contributed by atoms with Crippen molar-refractivity contribution in [1.29, 1.82) is 0 Å². The van der Waals surface area contributed by atoms with Crippen molar-refractivity contribution in [2.45, 2.75) is 6.54 Å². The van der Waals surface area contributed by atoms with Crippen LogP contribution in [0.15, 0.2) is 48.1 Å². The Morgan fingerprint density at radius 1 is 1.15 bits per heavy atom. The predicted molar refractivity (Wildman–Crippen MR) is 106 cm³/mol. The number of hydrogen-bond acceptors (Lipinski definition) is 6. The van der Waals surface area contributed by atoms with Crippen LogP contribution in [0.4, 0.5) is 11.6 Å². The second kappa shape index (κ2) is 7.03. The van der Waals surface area contributed by atoms with E-state index in [1.807, 2.05) is 34.2 Å². The first-order valence-corrected chi connectivity index (χ1v) is 9.31. The molecule has 0 spiro atoms. The zero-order valence-corrected chi connectivity index (χ0v) is 15.9. The molecule has 4 aromatic rings. The fourth-order valence-corrected chi connectivity index (χ4v) is 3.76. The second-order valence-electron chi connectivity index (χ2n) is 6.13. The zero-order valence-electron chi connectivity index (χ0n) is 14.3. The summed E-state index contributed by atoms with van der Waals surface area (Å²) in [7, 11) is 4.11. The van der Waals surface area contributed by atoms with Crippen LogP contribution in [0.5, 0.6) is 0 Å². The highest BCUT2D eigenvalue weighted by molar-refractivity contribution is 7.15. The quantitative estimate of drug-likeness (QED) is 0.555. The molecule has 1 N–H and O–H groups in total. The van der Waals surface area contributed by atoms with Crippen molar-refractivity contribution in [1.82, 2.24) is 24.3 Å². The Morgan fingerprint density at radius 3 is 2.73 bits per heavy atom. The van der Waals surface area contributed by atoms with Crippen LogP contribution >= 0.6 is 22.9 Å². The monoisotopic (exact) mass is 384 g/mol. The predicted octanol–water partition coefficient (Wildman–Crippen LogP) is 4.31. The van der Waals surface area contributed by atoms with Crippen LogP contribution < -0.4 is 5.32 Å². The van der Waals surface area contributed by atoms with Crippen molar-refractivity contribution in [3.63, 3.8) is 0 Å². The van der Waals surface area contributed by atoms with Crippen LogP contribution in [0, 0.1) is 0 Å². The van der Waals surface area contributed by atoms with E-state index < -0.39 is 0 Å². The molecule has 4 rings (SSSR count). The number of nitrogens with one attached hydrogen (secondary N) is 1. The van der Waals surface area contributed by atoms with E-state index in [2.05, 4.69) is 51.4 Å². The largest absolute Gasteiger partial charge is 0.324 e. The Balaban J connectivity index is 1.60. The van der Waals surface area contributed by atoms with Crippen molar-refractivity contribution in [3.8, 4) is 11.4 Å². The van der Waals surface area contributed by atoms with E-state index in [4.69, 9.17) is 11.6 Å². The van der Waals surface area contributed by atoms with Gasteiger partial charge in [0.2, 0.25) is 5.95 Å². The number of hydrogen-bond donors (Lipinski definition) is 1. The summed E-state index contributed by atoms with van der Waals surface area (Å²) in [6, 6.07) is 10.1. The highest BCUT2D eigenvalue weighted by atomic mass is 35.5. The standard InChI is InChI=1S/C18H17ClN6S/c1-24(2)11-12-3-5-13(6-4-12)21-17-20-8-7-14(22-17)15-16(19)23-18-25(15)9-10-26-18/h3-10H,11H2,1-2H3,(H,20,21,22). The average molecular weight is 385 g/mol. The van der Waals surface area contributed by atoms with E-state index in [1.165, 1.54) is 16.9 Å². The second-order valence-corrected chi connectivity index (χ2v) is 7.36. The Hall–Kier alpha value is -2.48. The fourth-order valence-electron chi connectivity index (χ4n) is 2.73. The van der Waals surface area contributed by atoms with E-state index in [0.717, 1.165) is 28.6 Å². The van der Waals surface area contributed by atoms with E-state index in [9.17, 15) is 0 Å². The highest BCUT2D eigenvalue weighted by Crippen LogP contribution is 2.30. The number of thiazole rings is 1. The third kappa shape index (κ3) is 3.41. The minimum atomic E-state index is 0.439. The fraction of sp³-hybridized carbons (Fsp3) is 0.167. The molecule has 0 aliphatic heterocycles. The third-order valence-corrected chi connectivity index (χ3v) is 4.85. The molecule has 132 valence electrons. The van der Waals surface area contributed by atoms with Crippen LogP contribution in [0.25, 0.3) is 16.3 Å². The van der Waals surface area contributed by atoms with Gasteiger partial charge in [0.25, 0.3) is 0 Å². The summed E-state index contributed by atoms with van der Waals surface area (Å²) in [4.78, 5) is 16.2.